The van der Waals surface area contributed by atoms with Crippen molar-refractivity contribution < 1.29 is 14.6 Å². The van der Waals surface area contributed by atoms with Crippen molar-refractivity contribution in [1.82, 2.24) is 10.6 Å². The molecule has 0 radical (unpaired) electrons. The summed E-state index contributed by atoms with van der Waals surface area (Å²) in [6.07, 6.45) is 2.45. The monoisotopic (exact) mass is 216 g/mol. The first kappa shape index (κ1) is 14.1. The number of carbonyl (C=O) groups is 1. The van der Waals surface area contributed by atoms with Gasteiger partial charge in [0.05, 0.1) is 0 Å². The number of carbonyl (C=O) groups excluding carboxylic acids is 1. The second kappa shape index (κ2) is 9.64. The molecule has 3 N–H and O–H groups in total. The maximum Gasteiger partial charge on any atom is 0.330 e. The highest BCUT2D eigenvalue weighted by atomic mass is 16.5. The van der Waals surface area contributed by atoms with Crippen LogP contribution in [-0.2, 0) is 9.53 Å². The summed E-state index contributed by atoms with van der Waals surface area (Å²) in [6.45, 7) is 6.73. The summed E-state index contributed by atoms with van der Waals surface area (Å²) in [5, 5.41) is 14.9. The van der Waals surface area contributed by atoms with E-state index in [1.165, 1.54) is 0 Å². The van der Waals surface area contributed by atoms with Crippen LogP contribution in [0, 0.1) is 0 Å². The molecule has 0 aliphatic carbocycles. The molecule has 88 valence electrons. The van der Waals surface area contributed by atoms with Gasteiger partial charge < -0.3 is 9.84 Å². The van der Waals surface area contributed by atoms with Gasteiger partial charge in [0.25, 0.3) is 0 Å². The number of hydrogen-bond acceptors (Lipinski definition) is 5. The largest absolute Gasteiger partial charge is 0.461 e. The molecule has 0 aromatic rings. The molecule has 0 amide bonds. The Morgan fingerprint density at radius 1 is 1.53 bits per heavy atom. The van der Waals surface area contributed by atoms with E-state index in [4.69, 9.17) is 4.74 Å². The molecule has 0 saturated heterocycles. The molecule has 5 nitrogen and oxygen atoms in total. The van der Waals surface area contributed by atoms with Gasteiger partial charge >= 0.3 is 5.97 Å². The molecule has 0 aromatic carbocycles. The van der Waals surface area contributed by atoms with Crippen molar-refractivity contribution in [1.29, 1.82) is 0 Å². The molecule has 0 spiro atoms. The minimum atomic E-state index is -0.751. The van der Waals surface area contributed by atoms with Crippen molar-refractivity contribution in [3.63, 3.8) is 0 Å². The molecular formula is C10H20N2O3. The van der Waals surface area contributed by atoms with Crippen molar-refractivity contribution in [3.8, 4) is 0 Å². The highest BCUT2D eigenvalue weighted by molar-refractivity contribution is 5.81. The van der Waals surface area contributed by atoms with Crippen LogP contribution in [0.5, 0.6) is 0 Å². The lowest BCUT2D eigenvalue weighted by atomic mass is 10.3. The number of aliphatic hydroxyl groups excluding tert-OH is 1. The molecule has 0 rings (SSSR count). The van der Waals surface area contributed by atoms with E-state index in [1.54, 1.807) is 0 Å². The number of aliphatic hydroxyl groups is 1. The number of ether oxygens (including phenoxy) is 1. The minimum Gasteiger partial charge on any atom is -0.461 e. The maximum atomic E-state index is 10.6. The fourth-order valence-electron chi connectivity index (χ4n) is 0.894. The van der Waals surface area contributed by atoms with Gasteiger partial charge in [-0.1, -0.05) is 19.9 Å². The van der Waals surface area contributed by atoms with Crippen molar-refractivity contribution in [2.45, 2.75) is 26.1 Å². The SMILES string of the molecule is C=CC(=O)OCCNC(O)NCCCC. The van der Waals surface area contributed by atoms with Gasteiger partial charge in [-0.15, -0.1) is 0 Å². The lowest BCUT2D eigenvalue weighted by Gasteiger charge is -2.13. The number of rotatable bonds is 9. The predicted octanol–water partition coefficient (Wildman–Crippen LogP) is -0.0292. The van der Waals surface area contributed by atoms with E-state index in [1.807, 2.05) is 0 Å². The molecule has 0 aliphatic rings. The first-order chi connectivity index (χ1) is 7.20. The van der Waals surface area contributed by atoms with Gasteiger partial charge in [-0.05, 0) is 13.0 Å². The number of hydrogen-bond donors (Lipinski definition) is 3. The third kappa shape index (κ3) is 9.40. The molecule has 0 bridgehead atoms. The van der Waals surface area contributed by atoms with E-state index in [0.29, 0.717) is 6.54 Å². The summed E-state index contributed by atoms with van der Waals surface area (Å²) >= 11 is 0. The van der Waals surface area contributed by atoms with E-state index in [-0.39, 0.29) is 6.61 Å². The normalized spacial score (nSPS) is 12.1. The first-order valence-electron chi connectivity index (χ1n) is 5.14. The van der Waals surface area contributed by atoms with Gasteiger partial charge in [0.2, 0.25) is 0 Å². The lowest BCUT2D eigenvalue weighted by molar-refractivity contribution is -0.137. The van der Waals surface area contributed by atoms with Crippen LogP contribution >= 0.6 is 0 Å². The quantitative estimate of drug-likeness (QED) is 0.218. The van der Waals surface area contributed by atoms with Gasteiger partial charge in [0.15, 0.2) is 6.35 Å². The lowest BCUT2D eigenvalue weighted by Crippen LogP contribution is -2.43. The molecule has 0 aromatic heterocycles. The Hall–Kier alpha value is -0.910. The second-order valence-electron chi connectivity index (χ2n) is 3.04. The van der Waals surface area contributed by atoms with E-state index < -0.39 is 12.3 Å². The zero-order valence-electron chi connectivity index (χ0n) is 9.16. The Morgan fingerprint density at radius 3 is 2.80 bits per heavy atom. The van der Waals surface area contributed by atoms with Gasteiger partial charge in [-0.3, -0.25) is 10.6 Å². The average Bonchev–Trinajstić information content (AvgIpc) is 2.24. The van der Waals surface area contributed by atoms with Crippen LogP contribution in [-0.4, -0.2) is 37.1 Å². The molecule has 0 saturated carbocycles. The standard InChI is InChI=1S/C10H20N2O3/c1-3-5-6-11-10(14)12-7-8-15-9(13)4-2/h4,10-12,14H,2-3,5-8H2,1H3. The summed E-state index contributed by atoms with van der Waals surface area (Å²) in [5.41, 5.74) is 0. The summed E-state index contributed by atoms with van der Waals surface area (Å²) in [7, 11) is 0. The molecule has 0 fully saturated rings. The Bertz CT molecular complexity index is 186. The molecule has 1 unspecified atom stereocenters. The third-order valence-corrected chi connectivity index (χ3v) is 1.72. The highest BCUT2D eigenvalue weighted by Gasteiger charge is 2.01. The van der Waals surface area contributed by atoms with Crippen molar-refractivity contribution >= 4 is 5.97 Å². The highest BCUT2D eigenvalue weighted by Crippen LogP contribution is 1.83. The van der Waals surface area contributed by atoms with E-state index in [0.717, 1.165) is 25.5 Å². The van der Waals surface area contributed by atoms with Gasteiger partial charge in [0, 0.05) is 12.6 Å². The molecule has 15 heavy (non-hydrogen) atoms. The smallest absolute Gasteiger partial charge is 0.330 e. The van der Waals surface area contributed by atoms with Crippen LogP contribution in [0.1, 0.15) is 19.8 Å². The van der Waals surface area contributed by atoms with Crippen LogP contribution in [0.3, 0.4) is 0 Å². The van der Waals surface area contributed by atoms with E-state index in [2.05, 4.69) is 24.1 Å². The summed E-state index contributed by atoms with van der Waals surface area (Å²) in [5.74, 6) is -0.453. The maximum absolute atomic E-state index is 10.6. The fraction of sp³-hybridized carbons (Fsp3) is 0.700. The topological polar surface area (TPSA) is 70.6 Å². The van der Waals surface area contributed by atoms with Crippen molar-refractivity contribution in [2.24, 2.45) is 0 Å². The van der Waals surface area contributed by atoms with Crippen LogP contribution < -0.4 is 10.6 Å². The zero-order chi connectivity index (χ0) is 11.5. The molecule has 0 aliphatic heterocycles. The Morgan fingerprint density at radius 2 is 2.20 bits per heavy atom. The summed E-state index contributed by atoms with van der Waals surface area (Å²) < 4.78 is 4.71. The number of esters is 1. The number of nitrogens with one attached hydrogen (secondary N) is 2. The average molecular weight is 216 g/mol. The Balaban J connectivity index is 3.26. The van der Waals surface area contributed by atoms with Crippen molar-refractivity contribution in [3.05, 3.63) is 12.7 Å². The van der Waals surface area contributed by atoms with Gasteiger partial charge in [-0.25, -0.2) is 4.79 Å². The Kier molecular flexibility index (Phi) is 9.05. The fourth-order valence-corrected chi connectivity index (χ4v) is 0.894. The predicted molar refractivity (Wildman–Crippen MR) is 58.1 cm³/mol. The molecule has 1 atom stereocenters. The van der Waals surface area contributed by atoms with E-state index in [9.17, 15) is 9.90 Å². The first-order valence-corrected chi connectivity index (χ1v) is 5.14. The molecule has 0 heterocycles. The van der Waals surface area contributed by atoms with Crippen LogP contribution in [0.25, 0.3) is 0 Å². The van der Waals surface area contributed by atoms with Crippen LogP contribution in [0.15, 0.2) is 12.7 Å². The van der Waals surface area contributed by atoms with Crippen LogP contribution in [0.4, 0.5) is 0 Å². The molecular weight excluding hydrogens is 196 g/mol. The Labute approximate surface area is 90.5 Å². The van der Waals surface area contributed by atoms with Crippen molar-refractivity contribution in [2.75, 3.05) is 19.7 Å². The van der Waals surface area contributed by atoms with Gasteiger partial charge in [0.1, 0.15) is 6.61 Å². The second-order valence-corrected chi connectivity index (χ2v) is 3.04. The number of unbranched alkanes of at least 4 members (excludes halogenated alkanes) is 1. The molecule has 5 heteroatoms. The summed E-state index contributed by atoms with van der Waals surface area (Å²) in [6, 6.07) is 0. The van der Waals surface area contributed by atoms with Crippen LogP contribution in [0.2, 0.25) is 0 Å². The van der Waals surface area contributed by atoms with Gasteiger partial charge in [-0.2, -0.15) is 0 Å². The minimum absolute atomic E-state index is 0.220. The van der Waals surface area contributed by atoms with E-state index >= 15 is 0 Å². The zero-order valence-corrected chi connectivity index (χ0v) is 9.16. The third-order valence-electron chi connectivity index (χ3n) is 1.72. The summed E-state index contributed by atoms with van der Waals surface area (Å²) in [4.78, 5) is 10.6.